The van der Waals surface area contributed by atoms with E-state index in [2.05, 4.69) is 5.32 Å². The van der Waals surface area contributed by atoms with Gasteiger partial charge in [-0.15, -0.1) is 0 Å². The second-order valence-corrected chi connectivity index (χ2v) is 3.06. The van der Waals surface area contributed by atoms with Crippen LogP contribution in [-0.4, -0.2) is 19.1 Å². The highest BCUT2D eigenvalue weighted by Crippen LogP contribution is 2.14. The lowest BCUT2D eigenvalue weighted by Crippen LogP contribution is -2.39. The molecule has 15 heavy (non-hydrogen) atoms. The topological polar surface area (TPSA) is 32.3 Å². The lowest BCUT2D eigenvalue weighted by Gasteiger charge is -2.20. The summed E-state index contributed by atoms with van der Waals surface area (Å²) < 4.78 is 12.7. The molecule has 0 aromatic heterocycles. The van der Waals surface area contributed by atoms with Gasteiger partial charge in [-0.25, -0.2) is 9.18 Å². The number of hydrogen-bond donors (Lipinski definition) is 1. The fourth-order valence-electron chi connectivity index (χ4n) is 1.31. The molecule has 0 radical (unpaired) electrons. The van der Waals surface area contributed by atoms with Crippen molar-refractivity contribution in [2.45, 2.75) is 13.8 Å². The normalized spacial score (nSPS) is 9.80. The van der Waals surface area contributed by atoms with Crippen LogP contribution in [0.25, 0.3) is 0 Å². The van der Waals surface area contributed by atoms with E-state index in [9.17, 15) is 9.18 Å². The molecule has 3 nitrogen and oxygen atoms in total. The Bertz CT molecular complexity index is 324. The zero-order valence-electron chi connectivity index (χ0n) is 8.96. The first kappa shape index (κ1) is 11.5. The van der Waals surface area contributed by atoms with Crippen molar-refractivity contribution in [3.8, 4) is 0 Å². The van der Waals surface area contributed by atoms with Gasteiger partial charge in [-0.3, -0.25) is 4.90 Å². The highest BCUT2D eigenvalue weighted by Gasteiger charge is 2.11. The average molecular weight is 210 g/mol. The van der Waals surface area contributed by atoms with Crippen molar-refractivity contribution in [1.29, 1.82) is 0 Å². The first-order chi connectivity index (χ1) is 7.19. The highest BCUT2D eigenvalue weighted by atomic mass is 19.1. The Kier molecular flexibility index (Phi) is 4.09. The second kappa shape index (κ2) is 5.34. The number of carbonyl (C=O) groups excluding carboxylic acids is 1. The van der Waals surface area contributed by atoms with E-state index >= 15 is 0 Å². The smallest absolute Gasteiger partial charge is 0.321 e. The van der Waals surface area contributed by atoms with Gasteiger partial charge in [0, 0.05) is 18.8 Å². The lowest BCUT2D eigenvalue weighted by atomic mass is 10.3. The van der Waals surface area contributed by atoms with Crippen molar-refractivity contribution in [1.82, 2.24) is 5.32 Å². The molecule has 82 valence electrons. The fraction of sp³-hybridized carbons (Fsp3) is 0.364. The monoisotopic (exact) mass is 210 g/mol. The zero-order valence-corrected chi connectivity index (χ0v) is 8.96. The van der Waals surface area contributed by atoms with Crippen LogP contribution < -0.4 is 10.2 Å². The number of halogens is 1. The SMILES string of the molecule is CCNC(=O)N(CC)c1ccc(F)cc1. The minimum Gasteiger partial charge on any atom is -0.338 e. The maximum Gasteiger partial charge on any atom is 0.321 e. The Labute approximate surface area is 88.9 Å². The number of nitrogens with one attached hydrogen (secondary N) is 1. The van der Waals surface area contributed by atoms with Crippen molar-refractivity contribution in [2.75, 3.05) is 18.0 Å². The number of rotatable bonds is 3. The van der Waals surface area contributed by atoms with Crippen molar-refractivity contribution >= 4 is 11.7 Å². The quantitative estimate of drug-likeness (QED) is 0.816. The van der Waals surface area contributed by atoms with Gasteiger partial charge in [0.2, 0.25) is 0 Å². The van der Waals surface area contributed by atoms with Gasteiger partial charge < -0.3 is 5.32 Å². The summed E-state index contributed by atoms with van der Waals surface area (Å²) in [5.41, 5.74) is 0.699. The van der Waals surface area contributed by atoms with Gasteiger partial charge >= 0.3 is 6.03 Å². The molecule has 0 aliphatic heterocycles. The lowest BCUT2D eigenvalue weighted by molar-refractivity contribution is 0.247. The van der Waals surface area contributed by atoms with Gasteiger partial charge in [-0.1, -0.05) is 0 Å². The van der Waals surface area contributed by atoms with Crippen LogP contribution in [0.1, 0.15) is 13.8 Å². The van der Waals surface area contributed by atoms with E-state index in [0.29, 0.717) is 18.8 Å². The number of carbonyl (C=O) groups is 1. The molecule has 1 N–H and O–H groups in total. The van der Waals surface area contributed by atoms with Crippen LogP contribution in [0, 0.1) is 5.82 Å². The van der Waals surface area contributed by atoms with Crippen LogP contribution in [0.4, 0.5) is 14.9 Å². The third kappa shape index (κ3) is 2.94. The summed E-state index contributed by atoms with van der Waals surface area (Å²) in [7, 11) is 0. The van der Waals surface area contributed by atoms with Gasteiger partial charge in [-0.05, 0) is 38.1 Å². The molecular weight excluding hydrogens is 195 g/mol. The molecule has 1 rings (SSSR count). The summed E-state index contributed by atoms with van der Waals surface area (Å²) in [6, 6.07) is 5.71. The number of urea groups is 1. The minimum absolute atomic E-state index is 0.161. The molecule has 0 atom stereocenters. The molecule has 1 aromatic carbocycles. The molecule has 0 unspecified atom stereocenters. The summed E-state index contributed by atoms with van der Waals surface area (Å²) in [5.74, 6) is -0.300. The van der Waals surface area contributed by atoms with Crippen LogP contribution in [0.15, 0.2) is 24.3 Å². The molecule has 0 spiro atoms. The number of amides is 2. The summed E-state index contributed by atoms with van der Waals surface area (Å²) in [4.78, 5) is 13.1. The Morgan fingerprint density at radius 1 is 1.33 bits per heavy atom. The second-order valence-electron chi connectivity index (χ2n) is 3.06. The van der Waals surface area contributed by atoms with E-state index in [1.807, 2.05) is 13.8 Å². The number of benzene rings is 1. The number of anilines is 1. The summed E-state index contributed by atoms with van der Waals surface area (Å²) in [5, 5.41) is 2.70. The van der Waals surface area contributed by atoms with E-state index in [1.165, 1.54) is 12.1 Å². The number of nitrogens with zero attached hydrogens (tertiary/aromatic N) is 1. The van der Waals surface area contributed by atoms with Crippen LogP contribution in [-0.2, 0) is 0 Å². The van der Waals surface area contributed by atoms with E-state index in [4.69, 9.17) is 0 Å². The van der Waals surface area contributed by atoms with Crippen LogP contribution in [0.2, 0.25) is 0 Å². The van der Waals surface area contributed by atoms with Gasteiger partial charge in [0.05, 0.1) is 0 Å². The first-order valence-corrected chi connectivity index (χ1v) is 5.00. The molecule has 2 amide bonds. The Balaban J connectivity index is 2.82. The van der Waals surface area contributed by atoms with Crippen molar-refractivity contribution in [3.63, 3.8) is 0 Å². The molecule has 0 bridgehead atoms. The van der Waals surface area contributed by atoms with Gasteiger partial charge in [0.1, 0.15) is 5.82 Å². The third-order valence-electron chi connectivity index (χ3n) is 2.03. The molecule has 0 fully saturated rings. The molecule has 1 aromatic rings. The average Bonchev–Trinajstić information content (AvgIpc) is 2.22. The molecule has 0 saturated heterocycles. The Morgan fingerprint density at radius 2 is 1.93 bits per heavy atom. The van der Waals surface area contributed by atoms with Crippen LogP contribution in [0.3, 0.4) is 0 Å². The van der Waals surface area contributed by atoms with E-state index in [1.54, 1.807) is 17.0 Å². The van der Waals surface area contributed by atoms with Crippen LogP contribution in [0.5, 0.6) is 0 Å². The number of hydrogen-bond acceptors (Lipinski definition) is 1. The van der Waals surface area contributed by atoms with Gasteiger partial charge in [0.25, 0.3) is 0 Å². The highest BCUT2D eigenvalue weighted by molar-refractivity contribution is 5.91. The maximum atomic E-state index is 12.7. The molecule has 0 aliphatic rings. The summed E-state index contributed by atoms with van der Waals surface area (Å²) in [6.07, 6.45) is 0. The minimum atomic E-state index is -0.300. The predicted octanol–water partition coefficient (Wildman–Crippen LogP) is 2.38. The molecule has 0 heterocycles. The molecule has 4 heteroatoms. The molecule has 0 saturated carbocycles. The standard InChI is InChI=1S/C11H15FN2O/c1-3-13-11(15)14(4-2)10-7-5-9(12)6-8-10/h5-8H,3-4H2,1-2H3,(H,13,15). The maximum absolute atomic E-state index is 12.7. The Hall–Kier alpha value is -1.58. The Morgan fingerprint density at radius 3 is 2.40 bits per heavy atom. The van der Waals surface area contributed by atoms with E-state index < -0.39 is 0 Å². The van der Waals surface area contributed by atoms with E-state index in [-0.39, 0.29) is 11.8 Å². The molecular formula is C11H15FN2O. The van der Waals surface area contributed by atoms with Gasteiger partial charge in [0.15, 0.2) is 0 Å². The molecule has 0 aliphatic carbocycles. The zero-order chi connectivity index (χ0) is 11.3. The summed E-state index contributed by atoms with van der Waals surface area (Å²) >= 11 is 0. The predicted molar refractivity (Wildman–Crippen MR) is 58.5 cm³/mol. The van der Waals surface area contributed by atoms with Crippen LogP contribution >= 0.6 is 0 Å². The van der Waals surface area contributed by atoms with Crippen molar-refractivity contribution in [2.24, 2.45) is 0 Å². The summed E-state index contributed by atoms with van der Waals surface area (Å²) in [6.45, 7) is 4.86. The largest absolute Gasteiger partial charge is 0.338 e. The fourth-order valence-corrected chi connectivity index (χ4v) is 1.31. The van der Waals surface area contributed by atoms with Gasteiger partial charge in [-0.2, -0.15) is 0 Å². The first-order valence-electron chi connectivity index (χ1n) is 5.00. The van der Waals surface area contributed by atoms with E-state index in [0.717, 1.165) is 0 Å². The van der Waals surface area contributed by atoms with Crippen molar-refractivity contribution < 1.29 is 9.18 Å². The third-order valence-corrected chi connectivity index (χ3v) is 2.03. The van der Waals surface area contributed by atoms with Crippen molar-refractivity contribution in [3.05, 3.63) is 30.1 Å².